The smallest absolute Gasteiger partial charge is 0.0327 e. The average Bonchev–Trinajstić information content (AvgIpc) is 2.93. The van der Waals surface area contributed by atoms with Crippen LogP contribution in [0.3, 0.4) is 0 Å². The van der Waals surface area contributed by atoms with E-state index in [0.29, 0.717) is 11.6 Å². The zero-order valence-corrected chi connectivity index (χ0v) is 14.3. The lowest BCUT2D eigenvalue weighted by molar-refractivity contribution is 0.149. The van der Waals surface area contributed by atoms with E-state index >= 15 is 0 Å². The quantitative estimate of drug-likeness (QED) is 0.821. The molecule has 1 fully saturated rings. The second-order valence-electron chi connectivity index (χ2n) is 7.14. The van der Waals surface area contributed by atoms with E-state index in [1.807, 2.05) is 0 Å². The highest BCUT2D eigenvalue weighted by molar-refractivity contribution is 5.22. The van der Waals surface area contributed by atoms with E-state index in [-0.39, 0.29) is 0 Å². The fraction of sp³-hybridized carbons (Fsp3) is 0.684. The molecule has 1 unspecified atom stereocenters. The molecule has 0 saturated heterocycles. The Hall–Kier alpha value is -0.860. The van der Waals surface area contributed by atoms with E-state index in [2.05, 4.69) is 62.4 Å². The van der Waals surface area contributed by atoms with E-state index in [4.69, 9.17) is 0 Å². The van der Waals surface area contributed by atoms with Crippen LogP contribution in [0.5, 0.6) is 0 Å². The zero-order valence-electron chi connectivity index (χ0n) is 14.3. The first-order chi connectivity index (χ1) is 10.0. The van der Waals surface area contributed by atoms with Crippen molar-refractivity contribution < 1.29 is 0 Å². The Balaban J connectivity index is 1.78. The lowest BCUT2D eigenvalue weighted by Crippen LogP contribution is -2.51. The molecule has 1 saturated carbocycles. The van der Waals surface area contributed by atoms with Crippen molar-refractivity contribution in [3.63, 3.8) is 0 Å². The van der Waals surface area contributed by atoms with Crippen molar-refractivity contribution in [2.24, 2.45) is 0 Å². The minimum Gasteiger partial charge on any atom is -0.312 e. The molecule has 2 nitrogen and oxygen atoms in total. The van der Waals surface area contributed by atoms with Crippen molar-refractivity contribution in [2.75, 3.05) is 20.6 Å². The van der Waals surface area contributed by atoms with Crippen LogP contribution in [-0.2, 0) is 6.42 Å². The van der Waals surface area contributed by atoms with Crippen LogP contribution in [0.4, 0.5) is 0 Å². The minimum atomic E-state index is 0.400. The van der Waals surface area contributed by atoms with E-state index < -0.39 is 0 Å². The van der Waals surface area contributed by atoms with E-state index in [0.717, 1.165) is 6.54 Å². The van der Waals surface area contributed by atoms with Gasteiger partial charge in [-0.3, -0.25) is 0 Å². The summed E-state index contributed by atoms with van der Waals surface area (Å²) in [7, 11) is 4.48. The Labute approximate surface area is 130 Å². The topological polar surface area (TPSA) is 15.3 Å². The molecule has 1 aliphatic carbocycles. The maximum atomic E-state index is 3.79. The molecule has 0 spiro atoms. The normalized spacial score (nSPS) is 19.1. The summed E-state index contributed by atoms with van der Waals surface area (Å²) in [5.41, 5.74) is 3.23. The van der Waals surface area contributed by atoms with Gasteiger partial charge in [-0.2, -0.15) is 0 Å². The van der Waals surface area contributed by atoms with Gasteiger partial charge in [0.25, 0.3) is 0 Å². The van der Waals surface area contributed by atoms with Gasteiger partial charge in [0, 0.05) is 18.1 Å². The molecule has 0 amide bonds. The first-order valence-electron chi connectivity index (χ1n) is 8.48. The fourth-order valence-electron chi connectivity index (χ4n) is 3.53. The van der Waals surface area contributed by atoms with Crippen LogP contribution in [0.2, 0.25) is 0 Å². The van der Waals surface area contributed by atoms with Gasteiger partial charge in [-0.05, 0) is 59.2 Å². The first-order valence-corrected chi connectivity index (χ1v) is 8.48. The van der Waals surface area contributed by atoms with Gasteiger partial charge < -0.3 is 10.2 Å². The van der Waals surface area contributed by atoms with Crippen LogP contribution in [0.25, 0.3) is 0 Å². The molecule has 1 aromatic rings. The van der Waals surface area contributed by atoms with E-state index in [1.54, 1.807) is 0 Å². The van der Waals surface area contributed by atoms with Crippen LogP contribution in [0.15, 0.2) is 24.3 Å². The average molecular weight is 288 g/mol. The Kier molecular flexibility index (Phi) is 5.83. The summed E-state index contributed by atoms with van der Waals surface area (Å²) in [6.45, 7) is 5.63. The van der Waals surface area contributed by atoms with E-state index in [9.17, 15) is 0 Å². The highest BCUT2D eigenvalue weighted by atomic mass is 15.2. The third-order valence-electron chi connectivity index (χ3n) is 5.21. The lowest BCUT2D eigenvalue weighted by Gasteiger charge is -2.37. The molecular weight excluding hydrogens is 256 g/mol. The summed E-state index contributed by atoms with van der Waals surface area (Å²) in [5.74, 6) is 0. The summed E-state index contributed by atoms with van der Waals surface area (Å²) in [6.07, 6.45) is 7.85. The molecule has 1 atom stereocenters. The fourth-order valence-corrected chi connectivity index (χ4v) is 3.53. The standard InChI is InChI=1S/C19H32N2/c1-16-8-7-9-18(14-16)11-10-17(2)20-15-19(21(3)4)12-5-6-13-19/h7-9,14,17,20H,5-6,10-13,15H2,1-4H3. The molecule has 0 aromatic heterocycles. The van der Waals surface area contributed by atoms with Gasteiger partial charge in [0.15, 0.2) is 0 Å². The number of rotatable bonds is 7. The lowest BCUT2D eigenvalue weighted by atomic mass is 9.95. The Morgan fingerprint density at radius 3 is 2.57 bits per heavy atom. The van der Waals surface area contributed by atoms with Crippen LogP contribution >= 0.6 is 0 Å². The summed E-state index contributed by atoms with van der Waals surface area (Å²) in [5, 5.41) is 3.79. The van der Waals surface area contributed by atoms with Gasteiger partial charge in [-0.1, -0.05) is 42.7 Å². The number of hydrogen-bond acceptors (Lipinski definition) is 2. The second kappa shape index (κ2) is 7.42. The number of hydrogen-bond donors (Lipinski definition) is 1. The monoisotopic (exact) mass is 288 g/mol. The Morgan fingerprint density at radius 1 is 1.24 bits per heavy atom. The third-order valence-corrected chi connectivity index (χ3v) is 5.21. The number of benzene rings is 1. The van der Waals surface area contributed by atoms with Crippen LogP contribution in [0.1, 0.15) is 50.2 Å². The van der Waals surface area contributed by atoms with Gasteiger partial charge in [0.2, 0.25) is 0 Å². The van der Waals surface area contributed by atoms with Crippen molar-refractivity contribution >= 4 is 0 Å². The Morgan fingerprint density at radius 2 is 1.95 bits per heavy atom. The minimum absolute atomic E-state index is 0.400. The van der Waals surface area contributed by atoms with Crippen molar-refractivity contribution in [3.8, 4) is 0 Å². The van der Waals surface area contributed by atoms with Crippen molar-refractivity contribution in [3.05, 3.63) is 35.4 Å². The van der Waals surface area contributed by atoms with E-state index in [1.165, 1.54) is 49.7 Å². The summed E-state index contributed by atoms with van der Waals surface area (Å²) >= 11 is 0. The predicted molar refractivity (Wildman–Crippen MR) is 91.9 cm³/mol. The Bertz CT molecular complexity index is 433. The maximum absolute atomic E-state index is 3.79. The molecule has 21 heavy (non-hydrogen) atoms. The molecule has 1 aliphatic rings. The van der Waals surface area contributed by atoms with Crippen LogP contribution in [0, 0.1) is 6.92 Å². The molecule has 0 radical (unpaired) electrons. The molecule has 2 heteroatoms. The summed E-state index contributed by atoms with van der Waals surface area (Å²) in [4.78, 5) is 2.44. The van der Waals surface area contributed by atoms with Crippen molar-refractivity contribution in [1.29, 1.82) is 0 Å². The predicted octanol–water partition coefficient (Wildman–Crippen LogP) is 3.78. The van der Waals surface area contributed by atoms with Gasteiger partial charge in [0.05, 0.1) is 0 Å². The molecule has 0 heterocycles. The highest BCUT2D eigenvalue weighted by Crippen LogP contribution is 2.33. The van der Waals surface area contributed by atoms with Crippen LogP contribution in [-0.4, -0.2) is 37.1 Å². The molecule has 118 valence electrons. The van der Waals surface area contributed by atoms with Gasteiger partial charge >= 0.3 is 0 Å². The SMILES string of the molecule is Cc1cccc(CCC(C)NCC2(N(C)C)CCCC2)c1. The molecule has 2 rings (SSSR count). The summed E-state index contributed by atoms with van der Waals surface area (Å²) < 4.78 is 0. The van der Waals surface area contributed by atoms with Gasteiger partial charge in [-0.15, -0.1) is 0 Å². The number of nitrogens with zero attached hydrogens (tertiary/aromatic N) is 1. The van der Waals surface area contributed by atoms with Gasteiger partial charge in [0.1, 0.15) is 0 Å². The highest BCUT2D eigenvalue weighted by Gasteiger charge is 2.35. The van der Waals surface area contributed by atoms with Crippen molar-refractivity contribution in [1.82, 2.24) is 10.2 Å². The molecule has 0 aliphatic heterocycles. The van der Waals surface area contributed by atoms with Crippen molar-refractivity contribution in [2.45, 2.75) is 64.0 Å². The third kappa shape index (κ3) is 4.55. The maximum Gasteiger partial charge on any atom is 0.0327 e. The first kappa shape index (κ1) is 16.5. The largest absolute Gasteiger partial charge is 0.312 e. The number of aryl methyl sites for hydroxylation is 2. The second-order valence-corrected chi connectivity index (χ2v) is 7.14. The van der Waals surface area contributed by atoms with Gasteiger partial charge in [-0.25, -0.2) is 0 Å². The summed E-state index contributed by atoms with van der Waals surface area (Å²) in [6, 6.07) is 9.49. The molecule has 1 aromatic carbocycles. The zero-order chi connectivity index (χ0) is 15.3. The molecular formula is C19H32N2. The number of likely N-dealkylation sites (N-methyl/N-ethyl adjacent to an activating group) is 1. The van der Waals surface area contributed by atoms with Crippen LogP contribution < -0.4 is 5.32 Å². The number of nitrogens with one attached hydrogen (secondary N) is 1. The molecule has 0 bridgehead atoms. The molecule has 1 N–H and O–H groups in total.